The van der Waals surface area contributed by atoms with E-state index in [1.807, 2.05) is 0 Å². The summed E-state index contributed by atoms with van der Waals surface area (Å²) in [5.41, 5.74) is 0. The molecule has 0 aromatic rings. The third-order valence-corrected chi connectivity index (χ3v) is 13.4. The molecule has 14 nitrogen and oxygen atoms in total. The molecule has 2 rings (SSSR count). The molecule has 11 atom stereocenters. The lowest BCUT2D eigenvalue weighted by Crippen LogP contribution is -2.61. The molecule has 0 saturated carbocycles. The number of carbonyl (C=O) groups is 1. The van der Waals surface area contributed by atoms with Crippen LogP contribution in [0.25, 0.3) is 0 Å². The van der Waals surface area contributed by atoms with E-state index in [-0.39, 0.29) is 25.6 Å². The van der Waals surface area contributed by atoms with Crippen molar-refractivity contribution in [1.29, 1.82) is 0 Å². The van der Waals surface area contributed by atoms with Crippen molar-refractivity contribution in [3.63, 3.8) is 0 Å². The third-order valence-electron chi connectivity index (χ3n) is 13.4. The van der Waals surface area contributed by atoms with Crippen molar-refractivity contribution in [3.05, 3.63) is 0 Å². The van der Waals surface area contributed by atoms with Crippen molar-refractivity contribution in [2.45, 2.75) is 293 Å². The van der Waals surface area contributed by atoms with Gasteiger partial charge in [-0.3, -0.25) is 4.79 Å². The maximum absolute atomic E-state index is 13.0. The zero-order valence-corrected chi connectivity index (χ0v) is 41.7. The zero-order valence-electron chi connectivity index (χ0n) is 41.7. The first-order chi connectivity index (χ1) is 32.1. The van der Waals surface area contributed by atoms with E-state index < -0.39 is 80.7 Å². The van der Waals surface area contributed by atoms with Crippen LogP contribution in [0.5, 0.6) is 0 Å². The Morgan fingerprint density at radius 1 is 0.439 bits per heavy atom. The molecule has 66 heavy (non-hydrogen) atoms. The maximum Gasteiger partial charge on any atom is 0.306 e. The number of hydrogen-bond acceptors (Lipinski definition) is 14. The summed E-state index contributed by atoms with van der Waals surface area (Å²) in [6, 6.07) is 0. The van der Waals surface area contributed by atoms with Gasteiger partial charge >= 0.3 is 5.97 Å². The van der Waals surface area contributed by atoms with Crippen LogP contribution >= 0.6 is 0 Å². The van der Waals surface area contributed by atoms with Crippen LogP contribution in [0.3, 0.4) is 0 Å². The van der Waals surface area contributed by atoms with Gasteiger partial charge in [0.25, 0.3) is 0 Å². The van der Waals surface area contributed by atoms with Crippen molar-refractivity contribution < 1.29 is 69.0 Å². The van der Waals surface area contributed by atoms with E-state index in [2.05, 4.69) is 13.8 Å². The molecule has 0 aliphatic carbocycles. The fraction of sp³-hybridized carbons (Fsp3) is 0.981. The van der Waals surface area contributed by atoms with Gasteiger partial charge in [0.2, 0.25) is 0 Å². The molecular formula is C52H100O14. The number of rotatable bonds is 44. The van der Waals surface area contributed by atoms with Crippen LogP contribution < -0.4 is 0 Å². The second kappa shape index (κ2) is 40.7. The SMILES string of the molecule is CCCCCCCCCCCCCCCCCCCCCCCCCC(=O)OC(COCCCCCCCCCCC)COC1OC(COC2OC(CO)C(O)C(O)C2O)C(O)C(O)C1O. The molecule has 11 unspecified atom stereocenters. The molecule has 2 aliphatic rings. The Balaban J connectivity index is 1.67. The first-order valence-corrected chi connectivity index (χ1v) is 27.1. The third kappa shape index (κ3) is 28.0. The van der Waals surface area contributed by atoms with Gasteiger partial charge in [0.05, 0.1) is 26.4 Å². The highest BCUT2D eigenvalue weighted by atomic mass is 16.7. The van der Waals surface area contributed by atoms with E-state index in [9.17, 15) is 40.5 Å². The van der Waals surface area contributed by atoms with Crippen molar-refractivity contribution in [2.75, 3.05) is 33.0 Å². The Morgan fingerprint density at radius 3 is 1.23 bits per heavy atom. The largest absolute Gasteiger partial charge is 0.457 e. The Hall–Kier alpha value is -1.01. The molecule has 0 spiro atoms. The van der Waals surface area contributed by atoms with Gasteiger partial charge in [0.1, 0.15) is 54.9 Å². The van der Waals surface area contributed by atoms with Crippen LogP contribution in [0.4, 0.5) is 0 Å². The number of unbranched alkanes of at least 4 members (excludes halogenated alkanes) is 30. The lowest BCUT2D eigenvalue weighted by molar-refractivity contribution is -0.332. The summed E-state index contributed by atoms with van der Waals surface area (Å²) >= 11 is 0. The smallest absolute Gasteiger partial charge is 0.306 e. The van der Waals surface area contributed by atoms with Crippen LogP contribution in [0, 0.1) is 0 Å². The summed E-state index contributed by atoms with van der Waals surface area (Å²) in [6.07, 6.45) is 24.7. The lowest BCUT2D eigenvalue weighted by atomic mass is 9.98. The van der Waals surface area contributed by atoms with Gasteiger partial charge in [-0.2, -0.15) is 0 Å². The first kappa shape index (κ1) is 61.1. The quantitative estimate of drug-likeness (QED) is 0.0226. The molecule has 0 radical (unpaired) electrons. The zero-order chi connectivity index (χ0) is 48.0. The molecule has 0 amide bonds. The van der Waals surface area contributed by atoms with Gasteiger partial charge in [-0.25, -0.2) is 0 Å². The highest BCUT2D eigenvalue weighted by Crippen LogP contribution is 2.27. The minimum absolute atomic E-state index is 0.0692. The molecule has 7 N–H and O–H groups in total. The fourth-order valence-corrected chi connectivity index (χ4v) is 8.93. The van der Waals surface area contributed by atoms with Crippen LogP contribution in [0.15, 0.2) is 0 Å². The molecular weight excluding hydrogens is 849 g/mol. The lowest BCUT2D eigenvalue weighted by Gasteiger charge is -2.42. The second-order valence-electron chi connectivity index (χ2n) is 19.4. The van der Waals surface area contributed by atoms with Gasteiger partial charge in [-0.05, 0) is 12.8 Å². The molecule has 0 aromatic carbocycles. The molecule has 14 heteroatoms. The predicted octanol–water partition coefficient (Wildman–Crippen LogP) is 8.47. The molecule has 0 aromatic heterocycles. The second-order valence-corrected chi connectivity index (χ2v) is 19.4. The number of aliphatic hydroxyl groups is 7. The molecule has 2 saturated heterocycles. The van der Waals surface area contributed by atoms with E-state index in [1.165, 1.54) is 161 Å². The average Bonchev–Trinajstić information content (AvgIpc) is 3.31. The van der Waals surface area contributed by atoms with Crippen molar-refractivity contribution in [3.8, 4) is 0 Å². The van der Waals surface area contributed by atoms with Gasteiger partial charge in [-0.15, -0.1) is 0 Å². The molecule has 2 heterocycles. The Labute approximate surface area is 400 Å². The van der Waals surface area contributed by atoms with Gasteiger partial charge in [-0.1, -0.05) is 206 Å². The minimum atomic E-state index is -1.70. The van der Waals surface area contributed by atoms with Crippen LogP contribution in [0.1, 0.15) is 226 Å². The summed E-state index contributed by atoms with van der Waals surface area (Å²) in [7, 11) is 0. The maximum atomic E-state index is 13.0. The topological polar surface area (TPSA) is 214 Å². The van der Waals surface area contributed by atoms with E-state index in [0.29, 0.717) is 6.61 Å². The highest BCUT2D eigenvalue weighted by molar-refractivity contribution is 5.69. The van der Waals surface area contributed by atoms with Gasteiger partial charge in [0.15, 0.2) is 12.6 Å². The van der Waals surface area contributed by atoms with E-state index >= 15 is 0 Å². The summed E-state index contributed by atoms with van der Waals surface area (Å²) < 4.78 is 34.2. The molecule has 392 valence electrons. The summed E-state index contributed by atoms with van der Waals surface area (Å²) in [4.78, 5) is 13.0. The number of aliphatic hydroxyl groups excluding tert-OH is 7. The van der Waals surface area contributed by atoms with Crippen molar-refractivity contribution in [1.82, 2.24) is 0 Å². The average molecular weight is 949 g/mol. The molecule has 2 aliphatic heterocycles. The van der Waals surface area contributed by atoms with E-state index in [1.54, 1.807) is 0 Å². The Morgan fingerprint density at radius 2 is 0.803 bits per heavy atom. The predicted molar refractivity (Wildman–Crippen MR) is 257 cm³/mol. The summed E-state index contributed by atoms with van der Waals surface area (Å²) in [5, 5.41) is 72.0. The van der Waals surface area contributed by atoms with Gasteiger partial charge in [0, 0.05) is 13.0 Å². The van der Waals surface area contributed by atoms with Crippen molar-refractivity contribution in [2.24, 2.45) is 0 Å². The Bertz CT molecular complexity index is 1100. The van der Waals surface area contributed by atoms with E-state index in [0.717, 1.165) is 44.9 Å². The standard InChI is InChI=1S/C52H100O14/c1-3-5-7-9-11-13-14-15-16-17-18-19-20-21-22-23-24-25-26-27-29-31-33-35-44(54)64-41(38-61-36-34-32-30-28-12-10-8-6-4-2)39-62-51-50(60)48(58)46(56)43(66-51)40-63-52-49(59)47(57)45(55)42(37-53)65-52/h41-43,45-53,55-60H,3-40H2,1-2H3. The van der Waals surface area contributed by atoms with Crippen LogP contribution in [0.2, 0.25) is 0 Å². The molecule has 0 bridgehead atoms. The number of carbonyl (C=O) groups excluding carboxylic acids is 1. The number of hydrogen-bond donors (Lipinski definition) is 7. The van der Waals surface area contributed by atoms with Crippen LogP contribution in [-0.2, 0) is 33.2 Å². The minimum Gasteiger partial charge on any atom is -0.457 e. The van der Waals surface area contributed by atoms with Crippen LogP contribution in [-0.4, -0.2) is 142 Å². The Kier molecular flexibility index (Phi) is 37.7. The first-order valence-electron chi connectivity index (χ1n) is 27.1. The number of ether oxygens (including phenoxy) is 6. The summed E-state index contributed by atoms with van der Waals surface area (Å²) in [5.74, 6) is -0.370. The molecule has 2 fully saturated rings. The number of esters is 1. The normalized spacial score (nSPS) is 26.2. The van der Waals surface area contributed by atoms with Crippen molar-refractivity contribution >= 4 is 5.97 Å². The van der Waals surface area contributed by atoms with E-state index in [4.69, 9.17) is 28.4 Å². The highest BCUT2D eigenvalue weighted by Gasteiger charge is 2.47. The fourth-order valence-electron chi connectivity index (χ4n) is 8.93. The van der Waals surface area contributed by atoms with Gasteiger partial charge < -0.3 is 64.2 Å². The monoisotopic (exact) mass is 949 g/mol. The summed E-state index contributed by atoms with van der Waals surface area (Å²) in [6.45, 7) is 3.72.